The van der Waals surface area contributed by atoms with Crippen LogP contribution >= 0.6 is 0 Å². The third kappa shape index (κ3) is 11.3. The summed E-state index contributed by atoms with van der Waals surface area (Å²) in [5.74, 6) is 0. The van der Waals surface area contributed by atoms with Gasteiger partial charge in [0.15, 0.2) is 0 Å². The maximum atomic E-state index is 4.07. The van der Waals surface area contributed by atoms with Gasteiger partial charge in [-0.2, -0.15) is 0 Å². The highest BCUT2D eigenvalue weighted by atomic mass is 15.1. The Balaban J connectivity index is 1.09. The number of hydrogen-bond donors (Lipinski definition) is 0. The summed E-state index contributed by atoms with van der Waals surface area (Å²) in [7, 11) is 0. The maximum Gasteiger partial charge on any atom is 0.0490 e. The van der Waals surface area contributed by atoms with Crippen molar-refractivity contribution in [2.45, 2.75) is 58.8 Å². The zero-order valence-corrected chi connectivity index (χ0v) is 40.1. The van der Waals surface area contributed by atoms with Gasteiger partial charge in [-0.05, 0) is 174 Å². The number of nitrogens with zero attached hydrogens (tertiary/aromatic N) is 2. The highest BCUT2D eigenvalue weighted by Crippen LogP contribution is 2.39. The van der Waals surface area contributed by atoms with Gasteiger partial charge in [0, 0.05) is 34.7 Å². The Labute approximate surface area is 411 Å². The van der Waals surface area contributed by atoms with Crippen LogP contribution in [0.3, 0.4) is 0 Å². The van der Waals surface area contributed by atoms with Crippen molar-refractivity contribution in [1.82, 2.24) is 0 Å². The van der Waals surface area contributed by atoms with Gasteiger partial charge in [0.1, 0.15) is 0 Å². The lowest BCUT2D eigenvalue weighted by Gasteiger charge is -2.30. The van der Waals surface area contributed by atoms with Crippen molar-refractivity contribution in [2.75, 3.05) is 9.80 Å². The van der Waals surface area contributed by atoms with Crippen molar-refractivity contribution < 1.29 is 0 Å². The van der Waals surface area contributed by atoms with Crippen molar-refractivity contribution in [3.8, 4) is 11.1 Å². The van der Waals surface area contributed by atoms with Gasteiger partial charge in [0.25, 0.3) is 0 Å². The molecule has 69 heavy (non-hydrogen) atoms. The van der Waals surface area contributed by atoms with Crippen LogP contribution in [-0.2, 0) is 0 Å². The van der Waals surface area contributed by atoms with E-state index in [2.05, 4.69) is 267 Å². The number of hydrogen-bond acceptors (Lipinski definition) is 2. The first kappa shape index (κ1) is 46.2. The molecule has 0 heterocycles. The Kier molecular flexibility index (Phi) is 15.2. The van der Waals surface area contributed by atoms with E-state index >= 15 is 0 Å². The second-order valence-corrected chi connectivity index (χ2v) is 17.8. The van der Waals surface area contributed by atoms with Gasteiger partial charge < -0.3 is 9.80 Å². The fourth-order valence-electron chi connectivity index (χ4n) is 9.50. The van der Waals surface area contributed by atoms with Crippen molar-refractivity contribution in [2.24, 2.45) is 0 Å². The van der Waals surface area contributed by atoms with Crippen LogP contribution < -0.4 is 9.80 Å². The van der Waals surface area contributed by atoms with Crippen LogP contribution in [0.1, 0.15) is 75.5 Å². The molecule has 0 aromatic heterocycles. The van der Waals surface area contributed by atoms with E-state index in [1.807, 2.05) is 6.08 Å². The molecule has 0 spiro atoms. The first-order chi connectivity index (χ1) is 34.1. The molecule has 0 radical (unpaired) electrons. The zero-order chi connectivity index (χ0) is 47.2. The predicted molar refractivity (Wildman–Crippen MR) is 299 cm³/mol. The standard InChI is InChI=1S/C67H62N2/c1-4-6-21-62(50-68(64-44-37-58(38-45-64)54-24-13-8-14-25-54)63-31-19-30-57(36-43-63)53-22-11-7-12-23-53)61-34-32-52(33-35-61)51(3)67(20-5-2)69(65-46-39-59(40-47-65)55-26-15-9-16-27-55)66-48-41-60(42-49-66)56-28-17-10-18-29-56/h4-7,9,11-13,15-17,20-32,34,36-50H,1,8,10,14,18-19,33,35H2,2-3H3/b20-5-,21-6-,62-50-,67-51-. The predicted octanol–water partition coefficient (Wildman–Crippen LogP) is 18.5. The van der Waals surface area contributed by atoms with E-state index in [0.29, 0.717) is 0 Å². The van der Waals surface area contributed by atoms with Crippen LogP contribution in [0.5, 0.6) is 0 Å². The molecule has 2 heteroatoms. The summed E-state index contributed by atoms with van der Waals surface area (Å²) in [6.45, 7) is 8.48. The zero-order valence-electron chi connectivity index (χ0n) is 40.1. The highest BCUT2D eigenvalue weighted by Gasteiger charge is 2.21. The Morgan fingerprint density at radius 2 is 1.03 bits per heavy atom. The van der Waals surface area contributed by atoms with Crippen molar-refractivity contribution in [3.63, 3.8) is 0 Å². The monoisotopic (exact) mass is 894 g/mol. The van der Waals surface area contributed by atoms with Crippen molar-refractivity contribution >= 4 is 33.8 Å². The third-order valence-corrected chi connectivity index (χ3v) is 13.3. The average molecular weight is 895 g/mol. The van der Waals surface area contributed by atoms with Crippen LogP contribution in [0.4, 0.5) is 17.1 Å². The fraction of sp³-hybridized carbons (Fsp3) is 0.134. The molecule has 0 amide bonds. The summed E-state index contributed by atoms with van der Waals surface area (Å²) in [6.07, 6.45) is 47.5. The Bertz CT molecular complexity index is 3040. The number of rotatable bonds is 15. The molecule has 0 saturated carbocycles. The molecule has 0 N–H and O–H groups in total. The Morgan fingerprint density at radius 3 is 1.58 bits per heavy atom. The molecule has 0 saturated heterocycles. The molecular formula is C67H62N2. The van der Waals surface area contributed by atoms with Gasteiger partial charge in [-0.25, -0.2) is 0 Å². The SMILES string of the molecule is C=C/C=C\C(=C\N(C1=CCC=C(c2ccccc2)C=C1)c1ccc(C2=CCCC=C2)cc1)C1=CC=C(/C(C)=C(/C=C\C)N(c2ccc(C3=CCCC=C3)cc2)c2ccc(-c3ccccc3)cc2)CC1. The van der Waals surface area contributed by atoms with Gasteiger partial charge in [-0.15, -0.1) is 0 Å². The second-order valence-electron chi connectivity index (χ2n) is 17.8. The minimum atomic E-state index is 0.827. The van der Waals surface area contributed by atoms with Crippen LogP contribution in [0.15, 0.2) is 283 Å². The van der Waals surface area contributed by atoms with E-state index in [9.17, 15) is 0 Å². The van der Waals surface area contributed by atoms with Gasteiger partial charge in [0.2, 0.25) is 0 Å². The topological polar surface area (TPSA) is 6.48 Å². The summed E-state index contributed by atoms with van der Waals surface area (Å²) in [6, 6.07) is 48.4. The molecule has 0 bridgehead atoms. The van der Waals surface area contributed by atoms with Gasteiger partial charge >= 0.3 is 0 Å². The lowest BCUT2D eigenvalue weighted by atomic mass is 9.89. The van der Waals surface area contributed by atoms with E-state index in [4.69, 9.17) is 0 Å². The number of anilines is 3. The maximum absolute atomic E-state index is 4.07. The van der Waals surface area contributed by atoms with Crippen LogP contribution in [0.25, 0.3) is 27.8 Å². The minimum Gasteiger partial charge on any atom is -0.317 e. The number of benzene rings is 5. The van der Waals surface area contributed by atoms with Gasteiger partial charge in [0.05, 0.1) is 0 Å². The molecule has 0 aliphatic heterocycles. The van der Waals surface area contributed by atoms with Crippen molar-refractivity contribution in [1.29, 1.82) is 0 Å². The van der Waals surface area contributed by atoms with Crippen molar-refractivity contribution in [3.05, 3.63) is 300 Å². The summed E-state index contributed by atoms with van der Waals surface area (Å²) < 4.78 is 0. The molecule has 9 rings (SSSR count). The molecule has 5 aromatic rings. The minimum absolute atomic E-state index is 0.827. The molecular weight excluding hydrogens is 833 g/mol. The molecule has 4 aliphatic carbocycles. The Morgan fingerprint density at radius 1 is 0.507 bits per heavy atom. The smallest absolute Gasteiger partial charge is 0.0490 e. The van der Waals surface area contributed by atoms with E-state index in [-0.39, 0.29) is 0 Å². The molecule has 5 aromatic carbocycles. The summed E-state index contributed by atoms with van der Waals surface area (Å²) in [5.41, 5.74) is 20.6. The summed E-state index contributed by atoms with van der Waals surface area (Å²) in [5, 5.41) is 0. The molecule has 0 unspecified atom stereocenters. The van der Waals surface area contributed by atoms with E-state index in [0.717, 1.165) is 79.0 Å². The normalized spacial score (nSPS) is 16.5. The van der Waals surface area contributed by atoms with Gasteiger partial charge in [-0.1, -0.05) is 195 Å². The first-order valence-electron chi connectivity index (χ1n) is 24.6. The number of allylic oxidation sites excluding steroid dienone is 24. The van der Waals surface area contributed by atoms with Crippen LogP contribution in [-0.4, -0.2) is 0 Å². The quantitative estimate of drug-likeness (QED) is 0.0966. The van der Waals surface area contributed by atoms with E-state index in [1.165, 1.54) is 61.3 Å². The lowest BCUT2D eigenvalue weighted by Crippen LogP contribution is -2.18. The highest BCUT2D eigenvalue weighted by molar-refractivity contribution is 5.81. The lowest BCUT2D eigenvalue weighted by molar-refractivity contribution is 0.915. The molecule has 340 valence electrons. The third-order valence-electron chi connectivity index (χ3n) is 13.3. The van der Waals surface area contributed by atoms with E-state index in [1.54, 1.807) is 0 Å². The van der Waals surface area contributed by atoms with E-state index < -0.39 is 0 Å². The van der Waals surface area contributed by atoms with Crippen LogP contribution in [0, 0.1) is 0 Å². The summed E-state index contributed by atoms with van der Waals surface area (Å²) in [4.78, 5) is 4.78. The molecule has 4 aliphatic rings. The largest absolute Gasteiger partial charge is 0.317 e. The average Bonchev–Trinajstić information content (AvgIpc) is 3.69. The molecule has 0 fully saturated rings. The molecule has 0 atom stereocenters. The second kappa shape index (κ2) is 22.7. The fourth-order valence-corrected chi connectivity index (χ4v) is 9.50. The Hall–Kier alpha value is -7.94. The molecule has 2 nitrogen and oxygen atoms in total. The first-order valence-corrected chi connectivity index (χ1v) is 24.6. The summed E-state index contributed by atoms with van der Waals surface area (Å²) >= 11 is 0. The van der Waals surface area contributed by atoms with Crippen LogP contribution in [0.2, 0.25) is 0 Å². The van der Waals surface area contributed by atoms with Gasteiger partial charge in [-0.3, -0.25) is 0 Å².